The van der Waals surface area contributed by atoms with E-state index in [1.165, 1.54) is 12.8 Å². The first kappa shape index (κ1) is 9.85. The first-order chi connectivity index (χ1) is 7.14. The highest BCUT2D eigenvalue weighted by molar-refractivity contribution is 5.72. The summed E-state index contributed by atoms with van der Waals surface area (Å²) in [7, 11) is 0. The first-order valence-corrected chi connectivity index (χ1v) is 5.17. The third-order valence-electron chi connectivity index (χ3n) is 3.04. The number of hydrogen-bond acceptors (Lipinski definition) is 3. The van der Waals surface area contributed by atoms with Crippen molar-refractivity contribution in [3.63, 3.8) is 0 Å². The second-order valence-corrected chi connectivity index (χ2v) is 4.54. The molecular formula is C12H15N3. The Hall–Kier alpha value is -1.69. The maximum Gasteiger partial charge on any atom is 0.101 e. The Morgan fingerprint density at radius 3 is 2.87 bits per heavy atom. The van der Waals surface area contributed by atoms with Crippen LogP contribution in [-0.4, -0.2) is 6.54 Å². The summed E-state index contributed by atoms with van der Waals surface area (Å²) in [5, 5.41) is 12.1. The minimum Gasteiger partial charge on any atom is -0.396 e. The Balaban J connectivity index is 2.11. The number of nitrogens with two attached hydrogens (primary N) is 1. The summed E-state index contributed by atoms with van der Waals surface area (Å²) in [6.07, 6.45) is 2.55. The Kier molecular flexibility index (Phi) is 2.28. The molecule has 1 saturated carbocycles. The van der Waals surface area contributed by atoms with Gasteiger partial charge in [-0.05, 0) is 30.4 Å². The van der Waals surface area contributed by atoms with Crippen LogP contribution in [0.15, 0.2) is 18.2 Å². The SMILES string of the molecule is CC1(CNc2cccc(C#N)c2N)CC1. The summed E-state index contributed by atoms with van der Waals surface area (Å²) in [6, 6.07) is 7.59. The van der Waals surface area contributed by atoms with Crippen LogP contribution in [0.4, 0.5) is 11.4 Å². The number of hydrogen-bond donors (Lipinski definition) is 2. The van der Waals surface area contributed by atoms with Gasteiger partial charge in [-0.25, -0.2) is 0 Å². The summed E-state index contributed by atoms with van der Waals surface area (Å²) in [5.41, 5.74) is 8.28. The summed E-state index contributed by atoms with van der Waals surface area (Å²) < 4.78 is 0. The van der Waals surface area contributed by atoms with E-state index in [2.05, 4.69) is 18.3 Å². The minimum absolute atomic E-state index is 0.440. The summed E-state index contributed by atoms with van der Waals surface area (Å²) in [6.45, 7) is 3.19. The number of benzene rings is 1. The van der Waals surface area contributed by atoms with Crippen LogP contribution in [0.3, 0.4) is 0 Å². The molecule has 0 unspecified atom stereocenters. The average Bonchev–Trinajstić information content (AvgIpc) is 2.96. The van der Waals surface area contributed by atoms with Gasteiger partial charge in [-0.15, -0.1) is 0 Å². The van der Waals surface area contributed by atoms with Crippen LogP contribution in [0.2, 0.25) is 0 Å². The largest absolute Gasteiger partial charge is 0.396 e. The fraction of sp³-hybridized carbons (Fsp3) is 0.417. The van der Waals surface area contributed by atoms with Gasteiger partial charge >= 0.3 is 0 Å². The molecule has 0 aromatic heterocycles. The molecular weight excluding hydrogens is 186 g/mol. The van der Waals surface area contributed by atoms with Crippen molar-refractivity contribution < 1.29 is 0 Å². The molecule has 3 nitrogen and oxygen atoms in total. The highest BCUT2D eigenvalue weighted by Gasteiger charge is 2.36. The van der Waals surface area contributed by atoms with E-state index in [4.69, 9.17) is 11.0 Å². The molecule has 78 valence electrons. The monoisotopic (exact) mass is 201 g/mol. The van der Waals surface area contributed by atoms with Crippen molar-refractivity contribution in [1.29, 1.82) is 5.26 Å². The average molecular weight is 201 g/mol. The molecule has 1 aromatic carbocycles. The molecule has 15 heavy (non-hydrogen) atoms. The lowest BCUT2D eigenvalue weighted by molar-refractivity contribution is 0.611. The first-order valence-electron chi connectivity index (χ1n) is 5.17. The molecule has 3 N–H and O–H groups in total. The van der Waals surface area contributed by atoms with Crippen LogP contribution >= 0.6 is 0 Å². The van der Waals surface area contributed by atoms with Gasteiger partial charge in [0.05, 0.1) is 16.9 Å². The van der Waals surface area contributed by atoms with Gasteiger partial charge in [-0.3, -0.25) is 0 Å². The third-order valence-corrected chi connectivity index (χ3v) is 3.04. The van der Waals surface area contributed by atoms with Crippen LogP contribution < -0.4 is 11.1 Å². The number of nitriles is 1. The van der Waals surface area contributed by atoms with Crippen molar-refractivity contribution in [2.75, 3.05) is 17.6 Å². The van der Waals surface area contributed by atoms with E-state index in [0.717, 1.165) is 12.2 Å². The van der Waals surface area contributed by atoms with Gasteiger partial charge in [0.1, 0.15) is 6.07 Å². The summed E-state index contributed by atoms with van der Waals surface area (Å²) in [4.78, 5) is 0. The highest BCUT2D eigenvalue weighted by atomic mass is 14.9. The molecule has 0 saturated heterocycles. The standard InChI is InChI=1S/C12H15N3/c1-12(5-6-12)8-15-10-4-2-3-9(7-13)11(10)14/h2-4,15H,5-6,8,14H2,1H3. The van der Waals surface area contributed by atoms with Crippen molar-refractivity contribution in [2.24, 2.45) is 5.41 Å². The molecule has 3 heteroatoms. The van der Waals surface area contributed by atoms with Gasteiger partial charge in [0, 0.05) is 6.54 Å². The number of nitrogen functional groups attached to an aromatic ring is 1. The van der Waals surface area contributed by atoms with Crippen LogP contribution in [0.5, 0.6) is 0 Å². The van der Waals surface area contributed by atoms with Crippen molar-refractivity contribution in [3.8, 4) is 6.07 Å². The predicted octanol–water partition coefficient (Wildman–Crippen LogP) is 2.35. The van der Waals surface area contributed by atoms with Crippen molar-refractivity contribution in [3.05, 3.63) is 23.8 Å². The van der Waals surface area contributed by atoms with Gasteiger partial charge in [0.15, 0.2) is 0 Å². The fourth-order valence-electron chi connectivity index (χ4n) is 1.52. The zero-order chi connectivity index (χ0) is 10.9. The van der Waals surface area contributed by atoms with E-state index in [1.54, 1.807) is 6.07 Å². The van der Waals surface area contributed by atoms with Gasteiger partial charge in [-0.2, -0.15) is 5.26 Å². The number of para-hydroxylation sites is 1. The molecule has 0 atom stereocenters. The lowest BCUT2D eigenvalue weighted by Crippen LogP contribution is -2.13. The minimum atomic E-state index is 0.440. The number of nitrogens with zero attached hydrogens (tertiary/aromatic N) is 1. The molecule has 0 spiro atoms. The van der Waals surface area contributed by atoms with Crippen molar-refractivity contribution in [2.45, 2.75) is 19.8 Å². The molecule has 1 aliphatic rings. The maximum atomic E-state index is 8.83. The molecule has 1 aliphatic carbocycles. The maximum absolute atomic E-state index is 8.83. The quantitative estimate of drug-likeness (QED) is 0.738. The van der Waals surface area contributed by atoms with Crippen LogP contribution in [0, 0.1) is 16.7 Å². The zero-order valence-electron chi connectivity index (χ0n) is 8.88. The van der Waals surface area contributed by atoms with Crippen molar-refractivity contribution >= 4 is 11.4 Å². The molecule has 2 rings (SSSR count). The van der Waals surface area contributed by atoms with E-state index in [-0.39, 0.29) is 0 Å². The second-order valence-electron chi connectivity index (χ2n) is 4.54. The van der Waals surface area contributed by atoms with Gasteiger partial charge in [0.25, 0.3) is 0 Å². The molecule has 0 heterocycles. The lowest BCUT2D eigenvalue weighted by Gasteiger charge is -2.13. The van der Waals surface area contributed by atoms with E-state index in [9.17, 15) is 0 Å². The molecule has 1 aromatic rings. The number of anilines is 2. The van der Waals surface area contributed by atoms with Crippen molar-refractivity contribution in [1.82, 2.24) is 0 Å². The molecule has 0 bridgehead atoms. The zero-order valence-corrected chi connectivity index (χ0v) is 8.88. The van der Waals surface area contributed by atoms with E-state index < -0.39 is 0 Å². The third kappa shape index (κ3) is 2.04. The van der Waals surface area contributed by atoms with Gasteiger partial charge in [-0.1, -0.05) is 13.0 Å². The molecule has 0 radical (unpaired) electrons. The predicted molar refractivity (Wildman–Crippen MR) is 61.4 cm³/mol. The lowest BCUT2D eigenvalue weighted by atomic mass is 10.1. The Labute approximate surface area is 89.9 Å². The van der Waals surface area contributed by atoms with Crippen LogP contribution in [0.25, 0.3) is 0 Å². The molecule has 0 amide bonds. The smallest absolute Gasteiger partial charge is 0.101 e. The Morgan fingerprint density at radius 1 is 1.53 bits per heavy atom. The van der Waals surface area contributed by atoms with E-state index >= 15 is 0 Å². The Morgan fingerprint density at radius 2 is 2.27 bits per heavy atom. The van der Waals surface area contributed by atoms with Gasteiger partial charge in [0.2, 0.25) is 0 Å². The molecule has 0 aliphatic heterocycles. The summed E-state index contributed by atoms with van der Waals surface area (Å²) >= 11 is 0. The molecule has 1 fully saturated rings. The summed E-state index contributed by atoms with van der Waals surface area (Å²) in [5.74, 6) is 0. The number of rotatable bonds is 3. The highest BCUT2D eigenvalue weighted by Crippen LogP contribution is 2.45. The number of nitrogens with one attached hydrogen (secondary N) is 1. The van der Waals surface area contributed by atoms with Crippen LogP contribution in [-0.2, 0) is 0 Å². The van der Waals surface area contributed by atoms with Gasteiger partial charge < -0.3 is 11.1 Å². The topological polar surface area (TPSA) is 61.8 Å². The normalized spacial score (nSPS) is 16.8. The van der Waals surface area contributed by atoms with E-state index in [0.29, 0.717) is 16.7 Å². The second kappa shape index (κ2) is 3.47. The Bertz CT molecular complexity index is 413. The van der Waals surface area contributed by atoms with E-state index in [1.807, 2.05) is 12.1 Å². The fourth-order valence-corrected chi connectivity index (χ4v) is 1.52. The van der Waals surface area contributed by atoms with Crippen LogP contribution in [0.1, 0.15) is 25.3 Å².